The summed E-state index contributed by atoms with van der Waals surface area (Å²) in [7, 11) is -2.43. The predicted octanol–water partition coefficient (Wildman–Crippen LogP) is 4.30. The van der Waals surface area contributed by atoms with Gasteiger partial charge in [-0.3, -0.25) is 10.1 Å². The Bertz CT molecular complexity index is 1480. The molecule has 1 aromatic heterocycles. The fraction of sp³-hybridized carbons (Fsp3) is 0.200. The molecule has 3 aromatic carbocycles. The van der Waals surface area contributed by atoms with E-state index in [1.807, 2.05) is 24.3 Å². The predicted molar refractivity (Wildman–Crippen MR) is 132 cm³/mol. The molecule has 0 atom stereocenters. The summed E-state index contributed by atoms with van der Waals surface area (Å²) >= 11 is 0. The molecule has 0 spiro atoms. The molecular formula is C25H24N4O5S. The van der Waals surface area contributed by atoms with Crippen molar-refractivity contribution in [3.8, 4) is 11.5 Å². The maximum atomic E-state index is 12.8. The summed E-state index contributed by atoms with van der Waals surface area (Å²) in [5.41, 5.74) is 2.89. The average Bonchev–Trinajstić information content (AvgIpc) is 3.64. The van der Waals surface area contributed by atoms with Crippen molar-refractivity contribution >= 4 is 38.7 Å². The molecular weight excluding hydrogens is 468 g/mol. The number of hydrogen-bond donors (Lipinski definition) is 3. The second-order valence-corrected chi connectivity index (χ2v) is 9.80. The number of benzene rings is 3. The summed E-state index contributed by atoms with van der Waals surface area (Å²) in [5.74, 6) is 1.22. The Morgan fingerprint density at radius 1 is 1.09 bits per heavy atom. The Morgan fingerprint density at radius 2 is 1.86 bits per heavy atom. The van der Waals surface area contributed by atoms with Crippen molar-refractivity contribution in [1.82, 2.24) is 9.97 Å². The minimum atomic E-state index is -4.05. The molecule has 0 unspecified atom stereocenters. The van der Waals surface area contributed by atoms with Gasteiger partial charge in [0, 0.05) is 29.8 Å². The summed E-state index contributed by atoms with van der Waals surface area (Å²) in [5, 5.41) is 5.99. The van der Waals surface area contributed by atoms with Crippen LogP contribution in [0.15, 0.2) is 71.6 Å². The number of aromatic amines is 1. The van der Waals surface area contributed by atoms with Crippen LogP contribution in [-0.4, -0.2) is 31.4 Å². The fourth-order valence-corrected chi connectivity index (χ4v) is 4.54. The number of H-pyrrole nitrogens is 1. The molecule has 0 saturated heterocycles. The number of para-hydroxylation sites is 1. The van der Waals surface area contributed by atoms with Crippen molar-refractivity contribution in [2.75, 3.05) is 17.7 Å². The van der Waals surface area contributed by atoms with Crippen LogP contribution in [0, 0.1) is 5.92 Å². The standard InChI is InChI=1S/C25H24N4O5S/c1-33-23-5-3-2-4-17(23)15-26-18-8-11-20(12-9-18)35(31,32)34-19-10-13-21-22(14-19)28-25(27-21)29-24(30)16-6-7-16/h2-5,8-14,16,26H,6-7,15H2,1H3,(H2,27,28,29,30). The van der Waals surface area contributed by atoms with Crippen molar-refractivity contribution in [2.24, 2.45) is 5.92 Å². The molecule has 1 fully saturated rings. The van der Waals surface area contributed by atoms with Crippen LogP contribution in [0.1, 0.15) is 18.4 Å². The first-order valence-corrected chi connectivity index (χ1v) is 12.5. The Labute approximate surface area is 202 Å². The van der Waals surface area contributed by atoms with Gasteiger partial charge in [-0.2, -0.15) is 8.42 Å². The molecule has 0 bridgehead atoms. The maximum absolute atomic E-state index is 12.8. The lowest BCUT2D eigenvalue weighted by molar-refractivity contribution is -0.117. The van der Waals surface area contributed by atoms with Crippen molar-refractivity contribution in [3.05, 3.63) is 72.3 Å². The molecule has 4 aromatic rings. The van der Waals surface area contributed by atoms with E-state index in [0.717, 1.165) is 29.8 Å². The molecule has 1 amide bonds. The van der Waals surface area contributed by atoms with E-state index in [1.165, 1.54) is 24.3 Å². The number of aromatic nitrogens is 2. The van der Waals surface area contributed by atoms with Gasteiger partial charge in [0.1, 0.15) is 16.4 Å². The number of nitrogens with one attached hydrogen (secondary N) is 3. The van der Waals surface area contributed by atoms with E-state index < -0.39 is 10.1 Å². The zero-order chi connectivity index (χ0) is 24.4. The zero-order valence-electron chi connectivity index (χ0n) is 18.9. The molecule has 35 heavy (non-hydrogen) atoms. The van der Waals surface area contributed by atoms with E-state index in [-0.39, 0.29) is 22.5 Å². The second-order valence-electron chi connectivity index (χ2n) is 8.26. The van der Waals surface area contributed by atoms with Crippen molar-refractivity contribution < 1.29 is 22.1 Å². The number of imidazole rings is 1. The minimum Gasteiger partial charge on any atom is -0.496 e. The SMILES string of the molecule is COc1ccccc1CNc1ccc(S(=O)(=O)Oc2ccc3[nH]c(NC(=O)C4CC4)nc3c2)cc1. The quantitative estimate of drug-likeness (QED) is 0.298. The second kappa shape index (κ2) is 9.30. The van der Waals surface area contributed by atoms with E-state index >= 15 is 0 Å². The third kappa shape index (κ3) is 5.22. The molecule has 1 aliphatic carbocycles. The van der Waals surface area contributed by atoms with Crippen LogP contribution >= 0.6 is 0 Å². The van der Waals surface area contributed by atoms with Gasteiger partial charge >= 0.3 is 10.1 Å². The van der Waals surface area contributed by atoms with Gasteiger partial charge in [0.15, 0.2) is 0 Å². The molecule has 10 heteroatoms. The minimum absolute atomic E-state index is 0.0276. The first kappa shape index (κ1) is 22.7. The van der Waals surface area contributed by atoms with Gasteiger partial charge in [-0.25, -0.2) is 4.98 Å². The lowest BCUT2D eigenvalue weighted by atomic mass is 10.2. The molecule has 1 saturated carbocycles. The summed E-state index contributed by atoms with van der Waals surface area (Å²) in [6, 6.07) is 18.7. The Hall–Kier alpha value is -4.05. The molecule has 1 heterocycles. The first-order chi connectivity index (χ1) is 16.9. The lowest BCUT2D eigenvalue weighted by Gasteiger charge is -2.11. The summed E-state index contributed by atoms with van der Waals surface area (Å²) < 4.78 is 36.3. The molecule has 9 nitrogen and oxygen atoms in total. The van der Waals surface area contributed by atoms with Crippen LogP contribution < -0.4 is 19.6 Å². The fourth-order valence-electron chi connectivity index (χ4n) is 3.62. The lowest BCUT2D eigenvalue weighted by Crippen LogP contribution is -2.14. The number of methoxy groups -OCH3 is 1. The number of carbonyl (C=O) groups excluding carboxylic acids is 1. The van der Waals surface area contributed by atoms with Gasteiger partial charge < -0.3 is 19.2 Å². The monoisotopic (exact) mass is 492 g/mol. The molecule has 1 aliphatic rings. The van der Waals surface area contributed by atoms with E-state index in [1.54, 1.807) is 25.3 Å². The average molecular weight is 493 g/mol. The molecule has 5 rings (SSSR count). The Balaban J connectivity index is 1.25. The van der Waals surface area contributed by atoms with Crippen LogP contribution in [0.2, 0.25) is 0 Å². The van der Waals surface area contributed by atoms with Crippen molar-refractivity contribution in [1.29, 1.82) is 0 Å². The van der Waals surface area contributed by atoms with E-state index in [4.69, 9.17) is 8.92 Å². The third-order valence-corrected chi connectivity index (χ3v) is 6.93. The molecule has 3 N–H and O–H groups in total. The number of fused-ring (bicyclic) bond motifs is 1. The summed E-state index contributed by atoms with van der Waals surface area (Å²) in [6.45, 7) is 0.527. The normalized spacial score (nSPS) is 13.4. The molecule has 180 valence electrons. The first-order valence-electron chi connectivity index (χ1n) is 11.1. The van der Waals surface area contributed by atoms with E-state index in [9.17, 15) is 13.2 Å². The van der Waals surface area contributed by atoms with Gasteiger partial charge in [0.25, 0.3) is 0 Å². The smallest absolute Gasteiger partial charge is 0.339 e. The highest BCUT2D eigenvalue weighted by Crippen LogP contribution is 2.30. The van der Waals surface area contributed by atoms with Gasteiger partial charge in [-0.15, -0.1) is 0 Å². The number of nitrogens with zero attached hydrogens (tertiary/aromatic N) is 1. The van der Waals surface area contributed by atoms with Crippen LogP contribution in [0.25, 0.3) is 11.0 Å². The van der Waals surface area contributed by atoms with Crippen LogP contribution in [0.5, 0.6) is 11.5 Å². The van der Waals surface area contributed by atoms with Crippen LogP contribution in [-0.2, 0) is 21.5 Å². The van der Waals surface area contributed by atoms with Gasteiger partial charge in [0.05, 0.1) is 18.1 Å². The zero-order valence-corrected chi connectivity index (χ0v) is 19.8. The highest BCUT2D eigenvalue weighted by atomic mass is 32.2. The van der Waals surface area contributed by atoms with Crippen molar-refractivity contribution in [3.63, 3.8) is 0 Å². The topological polar surface area (TPSA) is 122 Å². The van der Waals surface area contributed by atoms with Gasteiger partial charge in [-0.1, -0.05) is 18.2 Å². The number of hydrogen-bond acceptors (Lipinski definition) is 7. The third-order valence-electron chi connectivity index (χ3n) is 5.67. The van der Waals surface area contributed by atoms with Crippen LogP contribution in [0.4, 0.5) is 11.6 Å². The van der Waals surface area contributed by atoms with Gasteiger partial charge in [0.2, 0.25) is 11.9 Å². The van der Waals surface area contributed by atoms with E-state index in [2.05, 4.69) is 20.6 Å². The van der Waals surface area contributed by atoms with Gasteiger partial charge in [-0.05, 0) is 55.3 Å². The highest BCUT2D eigenvalue weighted by molar-refractivity contribution is 7.87. The molecule has 0 radical (unpaired) electrons. The summed E-state index contributed by atoms with van der Waals surface area (Å²) in [4.78, 5) is 19.3. The number of rotatable bonds is 9. The molecule has 0 aliphatic heterocycles. The Kier molecular flexibility index (Phi) is 6.04. The number of carbonyl (C=O) groups is 1. The Morgan fingerprint density at radius 3 is 2.60 bits per heavy atom. The maximum Gasteiger partial charge on any atom is 0.339 e. The van der Waals surface area contributed by atoms with E-state index in [0.29, 0.717) is 23.5 Å². The number of ether oxygens (including phenoxy) is 1. The largest absolute Gasteiger partial charge is 0.496 e. The number of anilines is 2. The number of amides is 1. The van der Waals surface area contributed by atoms with Crippen LogP contribution in [0.3, 0.4) is 0 Å². The summed E-state index contributed by atoms with van der Waals surface area (Å²) in [6.07, 6.45) is 1.78. The highest BCUT2D eigenvalue weighted by Gasteiger charge is 2.30. The van der Waals surface area contributed by atoms with Crippen molar-refractivity contribution in [2.45, 2.75) is 24.3 Å².